The average molecular weight is 256 g/mol. The molecule has 0 saturated heterocycles. The van der Waals surface area contributed by atoms with Crippen molar-refractivity contribution < 1.29 is 0 Å². The molecule has 1 atom stereocenters. The molecule has 0 spiro atoms. The van der Waals surface area contributed by atoms with Crippen molar-refractivity contribution in [2.75, 3.05) is 0 Å². The fourth-order valence-electron chi connectivity index (χ4n) is 2.26. The molecule has 0 bridgehead atoms. The zero-order valence-electron chi connectivity index (χ0n) is 12.2. The summed E-state index contributed by atoms with van der Waals surface area (Å²) in [6.07, 6.45) is 7.42. The van der Waals surface area contributed by atoms with Gasteiger partial charge in [0.15, 0.2) is 5.65 Å². The van der Waals surface area contributed by atoms with Gasteiger partial charge in [-0.3, -0.25) is 5.32 Å². The van der Waals surface area contributed by atoms with Gasteiger partial charge in [0.1, 0.15) is 0 Å². The van der Waals surface area contributed by atoms with Gasteiger partial charge in [-0.1, -0.05) is 5.92 Å². The van der Waals surface area contributed by atoms with Crippen LogP contribution in [0.3, 0.4) is 0 Å². The molecule has 100 valence electrons. The number of terminal acetylenes is 1. The third-order valence-electron chi connectivity index (χ3n) is 3.29. The van der Waals surface area contributed by atoms with Gasteiger partial charge in [0.2, 0.25) is 0 Å². The summed E-state index contributed by atoms with van der Waals surface area (Å²) in [4.78, 5) is 4.45. The molecule has 0 saturated carbocycles. The molecule has 2 rings (SSSR count). The third kappa shape index (κ3) is 2.61. The molecule has 0 aromatic carbocycles. The first kappa shape index (κ1) is 13.6. The van der Waals surface area contributed by atoms with E-state index in [1.807, 2.05) is 37.5 Å². The van der Waals surface area contributed by atoms with Gasteiger partial charge in [0, 0.05) is 29.6 Å². The Morgan fingerprint density at radius 1 is 1.42 bits per heavy atom. The van der Waals surface area contributed by atoms with Crippen LogP contribution >= 0.6 is 0 Å². The number of fused-ring (bicyclic) bond motifs is 1. The maximum Gasteiger partial charge on any atom is 0.155 e. The molecule has 0 aliphatic heterocycles. The normalized spacial score (nSPS) is 13.5. The van der Waals surface area contributed by atoms with Crippen LogP contribution < -0.4 is 5.32 Å². The van der Waals surface area contributed by atoms with Gasteiger partial charge in [-0.2, -0.15) is 5.10 Å². The molecule has 0 aliphatic rings. The van der Waals surface area contributed by atoms with Crippen LogP contribution in [0.25, 0.3) is 5.65 Å². The maximum atomic E-state index is 5.52. The molecule has 0 amide bonds. The maximum absolute atomic E-state index is 5.52. The van der Waals surface area contributed by atoms with Gasteiger partial charge >= 0.3 is 0 Å². The molecule has 0 radical (unpaired) electrons. The number of hydrogen-bond donors (Lipinski definition) is 1. The topological polar surface area (TPSA) is 42.2 Å². The van der Waals surface area contributed by atoms with Crippen LogP contribution in [0.15, 0.2) is 12.3 Å². The van der Waals surface area contributed by atoms with Crippen LogP contribution in [0, 0.1) is 26.2 Å². The molecule has 0 aliphatic carbocycles. The highest BCUT2D eigenvalue weighted by Gasteiger charge is 2.20. The Hall–Kier alpha value is -1.86. The van der Waals surface area contributed by atoms with Crippen LogP contribution in [0.5, 0.6) is 0 Å². The van der Waals surface area contributed by atoms with Crippen molar-refractivity contribution in [1.82, 2.24) is 19.9 Å². The van der Waals surface area contributed by atoms with Crippen molar-refractivity contribution in [3.8, 4) is 12.3 Å². The summed E-state index contributed by atoms with van der Waals surface area (Å²) in [6, 6.07) is 2.09. The molecule has 4 nitrogen and oxygen atoms in total. The van der Waals surface area contributed by atoms with Crippen molar-refractivity contribution >= 4 is 5.65 Å². The molecule has 2 aromatic heterocycles. The number of nitrogens with one attached hydrogen (secondary N) is 1. The SMILES string of the molecule is C#CC(C)(C)NC(C)c1cnc2cc(C)nn2c1C. The number of rotatable bonds is 3. The molecule has 2 aromatic rings. The predicted molar refractivity (Wildman–Crippen MR) is 76.9 cm³/mol. The summed E-state index contributed by atoms with van der Waals surface area (Å²) in [5, 5.41) is 7.88. The molecule has 0 fully saturated rings. The number of nitrogens with zero attached hydrogens (tertiary/aromatic N) is 3. The first-order valence-corrected chi connectivity index (χ1v) is 6.41. The summed E-state index contributed by atoms with van der Waals surface area (Å²) in [7, 11) is 0. The minimum atomic E-state index is -0.346. The van der Waals surface area contributed by atoms with Gasteiger partial charge in [0.05, 0.1) is 11.2 Å². The largest absolute Gasteiger partial charge is 0.295 e. The van der Waals surface area contributed by atoms with Gasteiger partial charge in [-0.15, -0.1) is 6.42 Å². The van der Waals surface area contributed by atoms with E-state index in [0.29, 0.717) is 0 Å². The minimum absolute atomic E-state index is 0.118. The highest BCUT2D eigenvalue weighted by Crippen LogP contribution is 2.20. The van der Waals surface area contributed by atoms with Crippen molar-refractivity contribution in [3.05, 3.63) is 29.2 Å². The van der Waals surface area contributed by atoms with Gasteiger partial charge in [-0.05, 0) is 34.6 Å². The Labute approximate surface area is 114 Å². The Morgan fingerprint density at radius 3 is 2.74 bits per heavy atom. The van der Waals surface area contributed by atoms with E-state index in [1.54, 1.807) is 0 Å². The van der Waals surface area contributed by atoms with E-state index in [9.17, 15) is 0 Å². The minimum Gasteiger partial charge on any atom is -0.295 e. The fourth-order valence-corrected chi connectivity index (χ4v) is 2.26. The molecule has 19 heavy (non-hydrogen) atoms. The van der Waals surface area contributed by atoms with Crippen molar-refractivity contribution in [2.45, 2.75) is 46.2 Å². The van der Waals surface area contributed by atoms with E-state index in [2.05, 4.69) is 35.2 Å². The van der Waals surface area contributed by atoms with Crippen LogP contribution in [-0.4, -0.2) is 20.1 Å². The fraction of sp³-hybridized carbons (Fsp3) is 0.467. The summed E-state index contributed by atoms with van der Waals surface area (Å²) in [5.41, 5.74) is 3.70. The smallest absolute Gasteiger partial charge is 0.155 e. The van der Waals surface area contributed by atoms with Gasteiger partial charge < -0.3 is 0 Å². The van der Waals surface area contributed by atoms with Crippen molar-refractivity contribution in [2.24, 2.45) is 0 Å². The third-order valence-corrected chi connectivity index (χ3v) is 3.29. The quantitative estimate of drug-likeness (QED) is 0.858. The lowest BCUT2D eigenvalue weighted by molar-refractivity contribution is 0.428. The number of aryl methyl sites for hydroxylation is 2. The van der Waals surface area contributed by atoms with E-state index in [-0.39, 0.29) is 11.6 Å². The lowest BCUT2D eigenvalue weighted by atomic mass is 10.0. The summed E-state index contributed by atoms with van der Waals surface area (Å²) >= 11 is 0. The average Bonchev–Trinajstić information content (AvgIpc) is 2.70. The van der Waals surface area contributed by atoms with Crippen molar-refractivity contribution in [1.29, 1.82) is 0 Å². The van der Waals surface area contributed by atoms with E-state index < -0.39 is 0 Å². The summed E-state index contributed by atoms with van der Waals surface area (Å²) < 4.78 is 1.88. The second-order valence-corrected chi connectivity index (χ2v) is 5.49. The second kappa shape index (κ2) is 4.67. The zero-order chi connectivity index (χ0) is 14.2. The zero-order valence-corrected chi connectivity index (χ0v) is 12.2. The van der Waals surface area contributed by atoms with Crippen LogP contribution in [0.1, 0.15) is 43.8 Å². The first-order chi connectivity index (χ1) is 8.84. The summed E-state index contributed by atoms with van der Waals surface area (Å²) in [6.45, 7) is 10.1. The first-order valence-electron chi connectivity index (χ1n) is 6.41. The standard InChI is InChI=1S/C15H20N4/c1-7-15(5,6)17-11(3)13-9-16-14-8-10(2)18-19(14)12(13)4/h1,8-9,11,17H,2-6H3. The second-order valence-electron chi connectivity index (χ2n) is 5.49. The number of aromatic nitrogens is 3. The molecular weight excluding hydrogens is 236 g/mol. The Bertz CT molecular complexity index is 646. The highest BCUT2D eigenvalue weighted by molar-refractivity contribution is 5.42. The monoisotopic (exact) mass is 256 g/mol. The highest BCUT2D eigenvalue weighted by atomic mass is 15.3. The molecule has 4 heteroatoms. The van der Waals surface area contributed by atoms with Gasteiger partial charge in [-0.25, -0.2) is 9.50 Å². The lowest BCUT2D eigenvalue weighted by Gasteiger charge is -2.26. The summed E-state index contributed by atoms with van der Waals surface area (Å²) in [5.74, 6) is 2.75. The van der Waals surface area contributed by atoms with E-state index in [0.717, 1.165) is 22.6 Å². The Kier molecular flexibility index (Phi) is 3.34. The van der Waals surface area contributed by atoms with Crippen molar-refractivity contribution in [3.63, 3.8) is 0 Å². The van der Waals surface area contributed by atoms with Gasteiger partial charge in [0.25, 0.3) is 0 Å². The molecule has 1 unspecified atom stereocenters. The van der Waals surface area contributed by atoms with E-state index in [4.69, 9.17) is 6.42 Å². The molecule has 2 heterocycles. The molecule has 1 N–H and O–H groups in total. The van der Waals surface area contributed by atoms with Crippen LogP contribution in [0.4, 0.5) is 0 Å². The molecular formula is C15H20N4. The predicted octanol–water partition coefficient (Wildman–Crippen LogP) is 2.41. The van der Waals surface area contributed by atoms with Crippen LogP contribution in [0.2, 0.25) is 0 Å². The Balaban J connectivity index is 2.40. The Morgan fingerprint density at radius 2 is 2.11 bits per heavy atom. The number of hydrogen-bond acceptors (Lipinski definition) is 3. The van der Waals surface area contributed by atoms with E-state index in [1.165, 1.54) is 0 Å². The van der Waals surface area contributed by atoms with E-state index >= 15 is 0 Å². The van der Waals surface area contributed by atoms with Crippen LogP contribution in [-0.2, 0) is 0 Å². The lowest BCUT2D eigenvalue weighted by Crippen LogP contribution is -2.39.